The van der Waals surface area contributed by atoms with Gasteiger partial charge in [-0.05, 0) is 13.8 Å². The molecule has 0 unspecified atom stereocenters. The van der Waals surface area contributed by atoms with Crippen LogP contribution in [0.15, 0.2) is 0 Å². The van der Waals surface area contributed by atoms with Crippen LogP contribution in [-0.2, 0) is 14.3 Å². The van der Waals surface area contributed by atoms with Gasteiger partial charge in [-0.15, -0.1) is 0 Å². The van der Waals surface area contributed by atoms with Crippen LogP contribution in [0.3, 0.4) is 0 Å². The number of alkyl carbamates (subject to hydrolysis) is 1. The summed E-state index contributed by atoms with van der Waals surface area (Å²) in [6, 6.07) is 0. The van der Waals surface area contributed by atoms with Crippen molar-refractivity contribution in [2.45, 2.75) is 26.4 Å². The van der Waals surface area contributed by atoms with Crippen LogP contribution in [0.25, 0.3) is 0 Å². The van der Waals surface area contributed by atoms with Crippen molar-refractivity contribution in [1.29, 1.82) is 0 Å². The zero-order valence-corrected chi connectivity index (χ0v) is 10.0. The third-order valence-corrected chi connectivity index (χ3v) is 1.59. The van der Waals surface area contributed by atoms with Crippen LogP contribution in [0.5, 0.6) is 0 Å². The Kier molecular flexibility index (Phi) is 8.24. The number of rotatable bonds is 7. The standard InChI is InChI=1S/C10H20N2O4/c1-8(2)16-10(14)12-5-4-9(13)11-6-7-15-3/h8H,4-7H2,1-3H3,(H,11,13)(H,12,14). The Morgan fingerprint density at radius 2 is 1.88 bits per heavy atom. The van der Waals surface area contributed by atoms with Crippen molar-refractivity contribution in [1.82, 2.24) is 10.6 Å². The first kappa shape index (κ1) is 14.7. The highest BCUT2D eigenvalue weighted by atomic mass is 16.6. The highest BCUT2D eigenvalue weighted by molar-refractivity contribution is 5.76. The van der Waals surface area contributed by atoms with Crippen LogP contribution in [0.4, 0.5) is 4.79 Å². The molecule has 0 atom stereocenters. The van der Waals surface area contributed by atoms with Crippen molar-refractivity contribution in [3.05, 3.63) is 0 Å². The Balaban J connectivity index is 3.43. The van der Waals surface area contributed by atoms with Crippen molar-refractivity contribution in [3.63, 3.8) is 0 Å². The highest BCUT2D eigenvalue weighted by Gasteiger charge is 2.05. The Labute approximate surface area is 95.7 Å². The lowest BCUT2D eigenvalue weighted by atomic mass is 10.4. The number of hydrogen-bond donors (Lipinski definition) is 2. The first-order valence-electron chi connectivity index (χ1n) is 5.26. The second-order valence-corrected chi connectivity index (χ2v) is 3.47. The van der Waals surface area contributed by atoms with Gasteiger partial charge in [0.15, 0.2) is 0 Å². The van der Waals surface area contributed by atoms with E-state index in [1.54, 1.807) is 21.0 Å². The van der Waals surface area contributed by atoms with E-state index in [9.17, 15) is 9.59 Å². The van der Waals surface area contributed by atoms with E-state index in [2.05, 4.69) is 10.6 Å². The minimum absolute atomic E-state index is 0.123. The molecular formula is C10H20N2O4. The molecule has 94 valence electrons. The lowest BCUT2D eigenvalue weighted by Crippen LogP contribution is -2.33. The monoisotopic (exact) mass is 232 g/mol. The highest BCUT2D eigenvalue weighted by Crippen LogP contribution is 1.88. The molecule has 0 radical (unpaired) electrons. The molecule has 0 rings (SSSR count). The topological polar surface area (TPSA) is 76.7 Å². The fourth-order valence-corrected chi connectivity index (χ4v) is 0.915. The Morgan fingerprint density at radius 3 is 2.44 bits per heavy atom. The van der Waals surface area contributed by atoms with Crippen molar-refractivity contribution in [3.8, 4) is 0 Å². The van der Waals surface area contributed by atoms with E-state index in [0.717, 1.165) is 0 Å². The average Bonchev–Trinajstić information content (AvgIpc) is 2.17. The van der Waals surface area contributed by atoms with Gasteiger partial charge < -0.3 is 20.1 Å². The maximum atomic E-state index is 11.2. The van der Waals surface area contributed by atoms with E-state index >= 15 is 0 Å². The average molecular weight is 232 g/mol. The van der Waals surface area contributed by atoms with E-state index in [-0.39, 0.29) is 25.0 Å². The minimum Gasteiger partial charge on any atom is -0.447 e. The molecule has 0 aliphatic rings. The van der Waals surface area contributed by atoms with Crippen LogP contribution in [0, 0.1) is 0 Å². The van der Waals surface area contributed by atoms with Gasteiger partial charge in [-0.25, -0.2) is 4.79 Å². The van der Waals surface area contributed by atoms with Gasteiger partial charge in [0.25, 0.3) is 0 Å². The molecule has 0 aromatic heterocycles. The largest absolute Gasteiger partial charge is 0.447 e. The van der Waals surface area contributed by atoms with Crippen LogP contribution >= 0.6 is 0 Å². The number of carbonyl (C=O) groups is 2. The van der Waals surface area contributed by atoms with Crippen LogP contribution < -0.4 is 10.6 Å². The maximum absolute atomic E-state index is 11.2. The van der Waals surface area contributed by atoms with Gasteiger partial charge in [0.1, 0.15) is 0 Å². The third-order valence-electron chi connectivity index (χ3n) is 1.59. The van der Waals surface area contributed by atoms with E-state index in [1.807, 2.05) is 0 Å². The molecule has 6 heteroatoms. The van der Waals surface area contributed by atoms with Crippen molar-refractivity contribution >= 4 is 12.0 Å². The predicted molar refractivity (Wildman–Crippen MR) is 59.1 cm³/mol. The summed E-state index contributed by atoms with van der Waals surface area (Å²) in [5, 5.41) is 5.12. The molecule has 0 spiro atoms. The Bertz CT molecular complexity index is 219. The Morgan fingerprint density at radius 1 is 1.19 bits per heavy atom. The molecule has 2 amide bonds. The third kappa shape index (κ3) is 9.26. The molecule has 0 aromatic carbocycles. The van der Waals surface area contributed by atoms with E-state index in [4.69, 9.17) is 9.47 Å². The number of nitrogens with one attached hydrogen (secondary N) is 2. The van der Waals surface area contributed by atoms with E-state index < -0.39 is 6.09 Å². The smallest absolute Gasteiger partial charge is 0.407 e. The molecule has 0 fully saturated rings. The summed E-state index contributed by atoms with van der Waals surface area (Å²) in [4.78, 5) is 22.2. The van der Waals surface area contributed by atoms with Crippen LogP contribution in [0.1, 0.15) is 20.3 Å². The molecule has 6 nitrogen and oxygen atoms in total. The minimum atomic E-state index is -0.500. The fraction of sp³-hybridized carbons (Fsp3) is 0.800. The van der Waals surface area contributed by atoms with Gasteiger partial charge in [-0.3, -0.25) is 4.79 Å². The van der Waals surface area contributed by atoms with Gasteiger partial charge in [-0.2, -0.15) is 0 Å². The first-order valence-corrected chi connectivity index (χ1v) is 5.26. The van der Waals surface area contributed by atoms with Gasteiger partial charge in [0, 0.05) is 26.6 Å². The molecule has 2 N–H and O–H groups in total. The van der Waals surface area contributed by atoms with E-state index in [1.165, 1.54) is 0 Å². The molecule has 0 aliphatic carbocycles. The summed E-state index contributed by atoms with van der Waals surface area (Å²) in [6.07, 6.45) is -0.424. The van der Waals surface area contributed by atoms with Crippen LogP contribution in [-0.4, -0.2) is 44.9 Å². The molecule has 0 bridgehead atoms. The molecular weight excluding hydrogens is 212 g/mol. The Hall–Kier alpha value is -1.30. The summed E-state index contributed by atoms with van der Waals surface area (Å²) < 4.78 is 9.60. The second-order valence-electron chi connectivity index (χ2n) is 3.47. The van der Waals surface area contributed by atoms with Gasteiger partial charge >= 0.3 is 6.09 Å². The molecule has 0 saturated heterocycles. The van der Waals surface area contributed by atoms with Crippen molar-refractivity contribution < 1.29 is 19.1 Å². The number of carbonyl (C=O) groups excluding carboxylic acids is 2. The zero-order valence-electron chi connectivity index (χ0n) is 10.0. The number of ether oxygens (including phenoxy) is 2. The van der Waals surface area contributed by atoms with Crippen LogP contribution in [0.2, 0.25) is 0 Å². The summed E-state index contributed by atoms with van der Waals surface area (Å²) in [5.41, 5.74) is 0. The summed E-state index contributed by atoms with van der Waals surface area (Å²) >= 11 is 0. The van der Waals surface area contributed by atoms with Crippen molar-refractivity contribution in [2.75, 3.05) is 26.8 Å². The maximum Gasteiger partial charge on any atom is 0.407 e. The number of methoxy groups -OCH3 is 1. The normalized spacial score (nSPS) is 10.0. The molecule has 16 heavy (non-hydrogen) atoms. The van der Waals surface area contributed by atoms with Gasteiger partial charge in [0.05, 0.1) is 12.7 Å². The van der Waals surface area contributed by atoms with E-state index in [0.29, 0.717) is 13.2 Å². The summed E-state index contributed by atoms with van der Waals surface area (Å²) in [7, 11) is 1.57. The summed E-state index contributed by atoms with van der Waals surface area (Å²) in [6.45, 7) is 4.75. The summed E-state index contributed by atoms with van der Waals surface area (Å²) in [5.74, 6) is -0.123. The lowest BCUT2D eigenvalue weighted by molar-refractivity contribution is -0.121. The zero-order chi connectivity index (χ0) is 12.4. The van der Waals surface area contributed by atoms with Gasteiger partial charge in [-0.1, -0.05) is 0 Å². The molecule has 0 heterocycles. The number of amides is 2. The van der Waals surface area contributed by atoms with Gasteiger partial charge in [0.2, 0.25) is 5.91 Å². The quantitative estimate of drug-likeness (QED) is 0.618. The molecule has 0 saturated carbocycles. The fourth-order valence-electron chi connectivity index (χ4n) is 0.915. The first-order chi connectivity index (χ1) is 7.56. The number of hydrogen-bond acceptors (Lipinski definition) is 4. The molecule has 0 aliphatic heterocycles. The lowest BCUT2D eigenvalue weighted by Gasteiger charge is -2.09. The second kappa shape index (κ2) is 8.96. The SMILES string of the molecule is COCCNC(=O)CCNC(=O)OC(C)C. The van der Waals surface area contributed by atoms with Crippen molar-refractivity contribution in [2.24, 2.45) is 0 Å². The molecule has 0 aromatic rings. The predicted octanol–water partition coefficient (Wildman–Crippen LogP) is 0.274.